The average molecular weight is 407 g/mol. The van der Waals surface area contributed by atoms with E-state index in [0.717, 1.165) is 86.6 Å². The molecular formula is C19H26N4O2S2. The first-order valence-electron chi connectivity index (χ1n) is 9.67. The maximum Gasteiger partial charge on any atom is 0.348 e. The van der Waals surface area contributed by atoms with Crippen LogP contribution in [0, 0.1) is 6.92 Å². The molecule has 27 heavy (non-hydrogen) atoms. The number of aromatic nitrogens is 3. The van der Waals surface area contributed by atoms with E-state index in [9.17, 15) is 4.79 Å². The van der Waals surface area contributed by atoms with Gasteiger partial charge in [-0.25, -0.2) is 9.78 Å². The van der Waals surface area contributed by atoms with Gasteiger partial charge in [0.1, 0.15) is 5.03 Å². The van der Waals surface area contributed by atoms with Crippen molar-refractivity contribution >= 4 is 23.1 Å². The molecule has 1 fully saturated rings. The van der Waals surface area contributed by atoms with Gasteiger partial charge < -0.3 is 4.74 Å². The van der Waals surface area contributed by atoms with Crippen LogP contribution in [-0.4, -0.2) is 52.3 Å². The lowest BCUT2D eigenvalue weighted by molar-refractivity contribution is 0.0368. The summed E-state index contributed by atoms with van der Waals surface area (Å²) in [4.78, 5) is 24.1. The number of nitrogens with zero attached hydrogens (tertiary/aromatic N) is 4. The van der Waals surface area contributed by atoms with Crippen LogP contribution in [0.1, 0.15) is 34.8 Å². The smallest absolute Gasteiger partial charge is 0.348 e. The van der Waals surface area contributed by atoms with E-state index in [0.29, 0.717) is 0 Å². The number of ether oxygens (including phenoxy) is 1. The first-order chi connectivity index (χ1) is 13.2. The highest BCUT2D eigenvalue weighted by molar-refractivity contribution is 7.98. The molecule has 8 heteroatoms. The van der Waals surface area contributed by atoms with E-state index in [4.69, 9.17) is 4.74 Å². The van der Waals surface area contributed by atoms with Gasteiger partial charge in [-0.15, -0.1) is 11.3 Å². The Morgan fingerprint density at radius 1 is 1.22 bits per heavy atom. The molecule has 1 aliphatic carbocycles. The Hall–Kier alpha value is -1.22. The molecule has 2 aliphatic rings. The summed E-state index contributed by atoms with van der Waals surface area (Å²) >= 11 is 3.33. The monoisotopic (exact) mass is 406 g/mol. The quantitative estimate of drug-likeness (QED) is 0.520. The van der Waals surface area contributed by atoms with Gasteiger partial charge in [0, 0.05) is 48.6 Å². The van der Waals surface area contributed by atoms with E-state index in [1.165, 1.54) is 11.3 Å². The molecule has 4 rings (SSSR count). The second kappa shape index (κ2) is 8.86. The minimum Gasteiger partial charge on any atom is -0.379 e. The maximum atomic E-state index is 12.7. The lowest BCUT2D eigenvalue weighted by atomic mass is 10.2. The van der Waals surface area contributed by atoms with Crippen molar-refractivity contribution in [1.29, 1.82) is 0 Å². The van der Waals surface area contributed by atoms with Crippen LogP contribution in [0.5, 0.6) is 0 Å². The van der Waals surface area contributed by atoms with Crippen LogP contribution >= 0.6 is 23.1 Å². The number of aryl methyl sites for hydroxylation is 1. The van der Waals surface area contributed by atoms with E-state index >= 15 is 0 Å². The highest BCUT2D eigenvalue weighted by Gasteiger charge is 2.22. The summed E-state index contributed by atoms with van der Waals surface area (Å²) in [6, 6.07) is 0. The predicted octanol–water partition coefficient (Wildman–Crippen LogP) is 2.51. The van der Waals surface area contributed by atoms with Crippen LogP contribution in [0.2, 0.25) is 0 Å². The molecular weight excluding hydrogens is 380 g/mol. The molecule has 0 atom stereocenters. The van der Waals surface area contributed by atoms with E-state index in [-0.39, 0.29) is 5.69 Å². The summed E-state index contributed by atoms with van der Waals surface area (Å²) in [5.41, 5.74) is 3.49. The van der Waals surface area contributed by atoms with Crippen LogP contribution in [0.25, 0.3) is 0 Å². The molecule has 6 nitrogen and oxygen atoms in total. The number of rotatable bonds is 7. The molecule has 1 saturated heterocycles. The van der Waals surface area contributed by atoms with Gasteiger partial charge in [-0.1, -0.05) is 11.8 Å². The van der Waals surface area contributed by atoms with Crippen molar-refractivity contribution in [3.05, 3.63) is 37.8 Å². The van der Waals surface area contributed by atoms with Gasteiger partial charge in [-0.3, -0.25) is 9.47 Å². The summed E-state index contributed by atoms with van der Waals surface area (Å²) in [6.07, 6.45) is 4.13. The second-order valence-corrected chi connectivity index (χ2v) is 9.11. The average Bonchev–Trinajstić information content (AvgIpc) is 3.32. The van der Waals surface area contributed by atoms with Crippen LogP contribution in [0.4, 0.5) is 0 Å². The zero-order valence-corrected chi connectivity index (χ0v) is 17.4. The maximum absolute atomic E-state index is 12.7. The number of hydrogen-bond acceptors (Lipinski definition) is 7. The zero-order chi connectivity index (χ0) is 18.6. The largest absolute Gasteiger partial charge is 0.379 e. The second-order valence-electron chi connectivity index (χ2n) is 7.08. The number of hydrogen-bond donors (Lipinski definition) is 0. The van der Waals surface area contributed by atoms with Crippen molar-refractivity contribution in [1.82, 2.24) is 19.4 Å². The normalized spacial score (nSPS) is 17.4. The number of fused-ring (bicyclic) bond motifs is 1. The van der Waals surface area contributed by atoms with Crippen LogP contribution in [0.3, 0.4) is 0 Å². The van der Waals surface area contributed by atoms with Crippen molar-refractivity contribution in [3.8, 4) is 0 Å². The standard InChI is InChI=1S/C19H26N4O2S2/c1-14-20-15(12-26-14)13-27-18-16-4-2-5-17(16)23(19(24)21-18)7-3-6-22-8-10-25-11-9-22/h12H,2-11,13H2,1H3. The summed E-state index contributed by atoms with van der Waals surface area (Å²) < 4.78 is 7.33. The van der Waals surface area contributed by atoms with Crippen molar-refractivity contribution in [2.75, 3.05) is 32.8 Å². The highest BCUT2D eigenvalue weighted by Crippen LogP contribution is 2.31. The van der Waals surface area contributed by atoms with Gasteiger partial charge in [-0.05, 0) is 32.6 Å². The van der Waals surface area contributed by atoms with Gasteiger partial charge >= 0.3 is 5.69 Å². The molecule has 0 saturated carbocycles. The Kier molecular flexibility index (Phi) is 6.27. The van der Waals surface area contributed by atoms with Crippen molar-refractivity contribution in [2.45, 2.75) is 49.9 Å². The lowest BCUT2D eigenvalue weighted by Crippen LogP contribution is -2.37. The molecule has 0 bridgehead atoms. The Balaban J connectivity index is 1.43. The number of thiazole rings is 1. The molecule has 0 N–H and O–H groups in total. The third kappa shape index (κ3) is 4.62. The summed E-state index contributed by atoms with van der Waals surface area (Å²) in [5, 5.41) is 4.09. The molecule has 0 amide bonds. The molecule has 2 aromatic heterocycles. The van der Waals surface area contributed by atoms with E-state index < -0.39 is 0 Å². The predicted molar refractivity (Wildman–Crippen MR) is 109 cm³/mol. The molecule has 0 radical (unpaired) electrons. The molecule has 0 unspecified atom stereocenters. The first kappa shape index (κ1) is 19.1. The zero-order valence-electron chi connectivity index (χ0n) is 15.8. The van der Waals surface area contributed by atoms with Crippen molar-refractivity contribution in [3.63, 3.8) is 0 Å². The Morgan fingerprint density at radius 3 is 2.85 bits per heavy atom. The van der Waals surface area contributed by atoms with Gasteiger partial charge in [0.05, 0.1) is 23.9 Å². The number of morpholine rings is 1. The molecule has 3 heterocycles. The van der Waals surface area contributed by atoms with E-state index in [2.05, 4.69) is 20.2 Å². The van der Waals surface area contributed by atoms with E-state index in [1.807, 2.05) is 11.5 Å². The summed E-state index contributed by atoms with van der Waals surface area (Å²) in [7, 11) is 0. The lowest BCUT2D eigenvalue weighted by Gasteiger charge is -2.26. The molecule has 1 aliphatic heterocycles. The topological polar surface area (TPSA) is 60.2 Å². The number of thioether (sulfide) groups is 1. The summed E-state index contributed by atoms with van der Waals surface area (Å²) in [5.74, 6) is 0.782. The Bertz CT molecular complexity index is 843. The van der Waals surface area contributed by atoms with Crippen LogP contribution in [-0.2, 0) is 29.9 Å². The van der Waals surface area contributed by atoms with Crippen molar-refractivity contribution in [2.24, 2.45) is 0 Å². The SMILES string of the molecule is Cc1nc(CSc2nc(=O)n(CCCN3CCOCC3)c3c2CCC3)cs1. The molecule has 0 spiro atoms. The fourth-order valence-corrected chi connectivity index (χ4v) is 5.52. The van der Waals surface area contributed by atoms with Gasteiger partial charge in [0.15, 0.2) is 0 Å². The molecule has 146 valence electrons. The van der Waals surface area contributed by atoms with Crippen molar-refractivity contribution < 1.29 is 4.74 Å². The van der Waals surface area contributed by atoms with Gasteiger partial charge in [0.2, 0.25) is 0 Å². The van der Waals surface area contributed by atoms with Gasteiger partial charge in [0.25, 0.3) is 0 Å². The van der Waals surface area contributed by atoms with Crippen LogP contribution < -0.4 is 5.69 Å². The molecule has 2 aromatic rings. The minimum atomic E-state index is -0.0883. The Labute approximate surface area is 168 Å². The van der Waals surface area contributed by atoms with Gasteiger partial charge in [-0.2, -0.15) is 4.98 Å². The fourth-order valence-electron chi connectivity index (χ4n) is 3.83. The Morgan fingerprint density at radius 2 is 2.07 bits per heavy atom. The fraction of sp³-hybridized carbons (Fsp3) is 0.632. The highest BCUT2D eigenvalue weighted by atomic mass is 32.2. The van der Waals surface area contributed by atoms with E-state index in [1.54, 1.807) is 23.1 Å². The third-order valence-corrected chi connectivity index (χ3v) is 7.06. The third-order valence-electron chi connectivity index (χ3n) is 5.18. The summed E-state index contributed by atoms with van der Waals surface area (Å²) in [6.45, 7) is 7.44. The molecule has 0 aromatic carbocycles. The first-order valence-corrected chi connectivity index (χ1v) is 11.5. The minimum absolute atomic E-state index is 0.0883. The van der Waals surface area contributed by atoms with Crippen LogP contribution in [0.15, 0.2) is 15.2 Å².